The lowest BCUT2D eigenvalue weighted by molar-refractivity contribution is 0.0703. The number of rotatable bonds is 3. The first-order chi connectivity index (χ1) is 7.68. The zero-order valence-electron chi connectivity index (χ0n) is 7.97. The Bertz CT molecular complexity index is 515. The second-order valence-corrected chi connectivity index (χ2v) is 3.85. The van der Waals surface area contributed by atoms with E-state index in [-0.39, 0.29) is 4.88 Å². The Balaban J connectivity index is 2.18. The fraction of sp³-hybridized carbons (Fsp3) is 0. The molecule has 82 valence electrons. The molecule has 0 aliphatic rings. The third kappa shape index (κ3) is 1.96. The summed E-state index contributed by atoms with van der Waals surface area (Å²) < 4.78 is 4.76. The lowest BCUT2D eigenvalue weighted by atomic mass is 10.3. The number of carboxylic acid groups (broad SMARTS) is 1. The molecule has 0 saturated heterocycles. The van der Waals surface area contributed by atoms with Crippen molar-refractivity contribution in [3.05, 3.63) is 40.5 Å². The van der Waals surface area contributed by atoms with Gasteiger partial charge in [0.2, 0.25) is 0 Å². The van der Waals surface area contributed by atoms with Gasteiger partial charge >= 0.3 is 5.97 Å². The van der Waals surface area contributed by atoms with E-state index in [4.69, 9.17) is 9.52 Å². The number of anilines is 1. The standard InChI is InChI=1S/C10H7NO4S/c12-9(6-1-3-15-5-6)11-7-2-4-16-8(7)10(13)14/h1-5H,(H,11,12)(H,13,14). The van der Waals surface area contributed by atoms with Gasteiger partial charge in [0.05, 0.1) is 17.5 Å². The van der Waals surface area contributed by atoms with Crippen molar-refractivity contribution >= 4 is 28.9 Å². The Hall–Kier alpha value is -2.08. The van der Waals surface area contributed by atoms with Crippen LogP contribution in [0.2, 0.25) is 0 Å². The van der Waals surface area contributed by atoms with Crippen molar-refractivity contribution in [2.24, 2.45) is 0 Å². The quantitative estimate of drug-likeness (QED) is 0.858. The van der Waals surface area contributed by atoms with Gasteiger partial charge in [-0.3, -0.25) is 4.79 Å². The van der Waals surface area contributed by atoms with Gasteiger partial charge < -0.3 is 14.8 Å². The topological polar surface area (TPSA) is 79.5 Å². The first-order valence-corrected chi connectivity index (χ1v) is 5.21. The Morgan fingerprint density at radius 3 is 2.81 bits per heavy atom. The Morgan fingerprint density at radius 1 is 1.38 bits per heavy atom. The molecule has 0 aliphatic carbocycles. The molecule has 0 spiro atoms. The van der Waals surface area contributed by atoms with E-state index in [0.29, 0.717) is 11.3 Å². The Kier molecular flexibility index (Phi) is 2.74. The SMILES string of the molecule is O=C(Nc1ccsc1C(=O)O)c1ccoc1. The van der Waals surface area contributed by atoms with Gasteiger partial charge in [0.15, 0.2) is 0 Å². The van der Waals surface area contributed by atoms with E-state index in [2.05, 4.69) is 5.32 Å². The van der Waals surface area contributed by atoms with Gasteiger partial charge in [-0.1, -0.05) is 0 Å². The number of carbonyl (C=O) groups excluding carboxylic acids is 1. The zero-order valence-corrected chi connectivity index (χ0v) is 8.78. The van der Waals surface area contributed by atoms with E-state index in [1.165, 1.54) is 18.6 Å². The molecule has 5 nitrogen and oxygen atoms in total. The van der Waals surface area contributed by atoms with Gasteiger partial charge in [-0.2, -0.15) is 0 Å². The highest BCUT2D eigenvalue weighted by molar-refractivity contribution is 7.12. The van der Waals surface area contributed by atoms with Gasteiger partial charge in [0, 0.05) is 0 Å². The van der Waals surface area contributed by atoms with Crippen molar-refractivity contribution in [2.75, 3.05) is 5.32 Å². The smallest absolute Gasteiger partial charge is 0.348 e. The van der Waals surface area contributed by atoms with Gasteiger partial charge in [0.1, 0.15) is 11.1 Å². The van der Waals surface area contributed by atoms with Crippen LogP contribution in [0, 0.1) is 0 Å². The molecule has 6 heteroatoms. The molecule has 2 rings (SSSR count). The molecule has 16 heavy (non-hydrogen) atoms. The monoisotopic (exact) mass is 237 g/mol. The van der Waals surface area contributed by atoms with Crippen LogP contribution in [-0.4, -0.2) is 17.0 Å². The van der Waals surface area contributed by atoms with Crippen LogP contribution in [0.25, 0.3) is 0 Å². The molecular formula is C10H7NO4S. The zero-order chi connectivity index (χ0) is 11.5. The fourth-order valence-corrected chi connectivity index (χ4v) is 1.85. The van der Waals surface area contributed by atoms with E-state index >= 15 is 0 Å². The summed E-state index contributed by atoms with van der Waals surface area (Å²) in [6, 6.07) is 3.05. The third-order valence-electron chi connectivity index (χ3n) is 1.89. The number of amides is 1. The summed E-state index contributed by atoms with van der Waals surface area (Å²) in [5.41, 5.74) is 0.645. The minimum Gasteiger partial charge on any atom is -0.477 e. The number of carbonyl (C=O) groups is 2. The average Bonchev–Trinajstić information content (AvgIpc) is 2.86. The molecule has 2 aromatic rings. The molecular weight excluding hydrogens is 230 g/mol. The molecule has 0 bridgehead atoms. The molecule has 2 aromatic heterocycles. The van der Waals surface area contributed by atoms with Crippen molar-refractivity contribution < 1.29 is 19.1 Å². The molecule has 1 amide bonds. The number of aromatic carboxylic acids is 1. The van der Waals surface area contributed by atoms with Crippen LogP contribution in [-0.2, 0) is 0 Å². The maximum Gasteiger partial charge on any atom is 0.348 e. The molecule has 0 radical (unpaired) electrons. The van der Waals surface area contributed by atoms with Crippen LogP contribution in [0.3, 0.4) is 0 Å². The van der Waals surface area contributed by atoms with Crippen LogP contribution >= 0.6 is 11.3 Å². The normalized spacial score (nSPS) is 10.0. The molecule has 0 unspecified atom stereocenters. The fourth-order valence-electron chi connectivity index (χ4n) is 1.16. The van der Waals surface area contributed by atoms with Gasteiger partial charge in [-0.15, -0.1) is 11.3 Å². The van der Waals surface area contributed by atoms with Crippen LogP contribution in [0.15, 0.2) is 34.5 Å². The number of thiophene rings is 1. The van der Waals surface area contributed by atoms with E-state index < -0.39 is 11.9 Å². The predicted octanol–water partition coefficient (Wildman–Crippen LogP) is 2.29. The summed E-state index contributed by atoms with van der Waals surface area (Å²) in [6.07, 6.45) is 2.67. The van der Waals surface area contributed by atoms with Gasteiger partial charge in [-0.25, -0.2) is 4.79 Å². The summed E-state index contributed by atoms with van der Waals surface area (Å²) in [5.74, 6) is -1.45. The molecule has 0 aromatic carbocycles. The minimum atomic E-state index is -1.06. The first kappa shape index (κ1) is 10.4. The van der Waals surface area contributed by atoms with E-state index in [9.17, 15) is 9.59 Å². The highest BCUT2D eigenvalue weighted by Crippen LogP contribution is 2.22. The highest BCUT2D eigenvalue weighted by Gasteiger charge is 2.15. The second-order valence-electron chi connectivity index (χ2n) is 2.93. The lowest BCUT2D eigenvalue weighted by Crippen LogP contribution is -2.12. The Labute approximate surface area is 94.3 Å². The number of nitrogens with one attached hydrogen (secondary N) is 1. The number of hydrogen-bond donors (Lipinski definition) is 2. The summed E-state index contributed by atoms with van der Waals surface area (Å²) in [4.78, 5) is 22.5. The summed E-state index contributed by atoms with van der Waals surface area (Å²) >= 11 is 1.06. The van der Waals surface area contributed by atoms with E-state index in [0.717, 1.165) is 11.3 Å². The molecule has 2 N–H and O–H groups in total. The van der Waals surface area contributed by atoms with Crippen molar-refractivity contribution in [1.29, 1.82) is 0 Å². The summed E-state index contributed by atoms with van der Waals surface area (Å²) in [6.45, 7) is 0. The van der Waals surface area contributed by atoms with E-state index in [1.54, 1.807) is 11.4 Å². The maximum atomic E-state index is 11.6. The second kappa shape index (κ2) is 4.19. The minimum absolute atomic E-state index is 0.108. The third-order valence-corrected chi connectivity index (χ3v) is 2.79. The van der Waals surface area contributed by atoms with Crippen LogP contribution in [0.4, 0.5) is 5.69 Å². The van der Waals surface area contributed by atoms with Crippen LogP contribution in [0.1, 0.15) is 20.0 Å². The Morgan fingerprint density at radius 2 is 2.19 bits per heavy atom. The van der Waals surface area contributed by atoms with Gasteiger partial charge in [-0.05, 0) is 17.5 Å². The summed E-state index contributed by atoms with van der Waals surface area (Å²) in [7, 11) is 0. The van der Waals surface area contributed by atoms with Crippen LogP contribution < -0.4 is 5.32 Å². The molecule has 2 heterocycles. The van der Waals surface area contributed by atoms with Crippen molar-refractivity contribution in [2.45, 2.75) is 0 Å². The predicted molar refractivity (Wildman–Crippen MR) is 57.9 cm³/mol. The van der Waals surface area contributed by atoms with Gasteiger partial charge in [0.25, 0.3) is 5.91 Å². The lowest BCUT2D eigenvalue weighted by Gasteiger charge is -2.01. The van der Waals surface area contributed by atoms with Crippen molar-refractivity contribution in [3.8, 4) is 0 Å². The number of hydrogen-bond acceptors (Lipinski definition) is 4. The number of furan rings is 1. The molecule has 0 fully saturated rings. The molecule has 0 atom stereocenters. The first-order valence-electron chi connectivity index (χ1n) is 4.33. The maximum absolute atomic E-state index is 11.6. The largest absolute Gasteiger partial charge is 0.477 e. The summed E-state index contributed by atoms with van der Waals surface area (Å²) in [5, 5.41) is 12.9. The molecule has 0 aliphatic heterocycles. The van der Waals surface area contributed by atoms with E-state index in [1.807, 2.05) is 0 Å². The average molecular weight is 237 g/mol. The van der Waals surface area contributed by atoms with Crippen molar-refractivity contribution in [3.63, 3.8) is 0 Å². The van der Waals surface area contributed by atoms with Crippen molar-refractivity contribution in [1.82, 2.24) is 0 Å². The molecule has 0 saturated carbocycles. The van der Waals surface area contributed by atoms with Crippen LogP contribution in [0.5, 0.6) is 0 Å². The number of carboxylic acids is 1. The highest BCUT2D eigenvalue weighted by atomic mass is 32.1.